The predicted molar refractivity (Wildman–Crippen MR) is 169 cm³/mol. The molecule has 0 amide bonds. The Bertz CT molecular complexity index is 1460. The normalized spacial score (nSPS) is 48.4. The molecule has 0 spiro atoms. The molecule has 11 atom stereocenters. The van der Waals surface area contributed by atoms with E-state index < -0.39 is 40.2 Å². The number of nitro benzene ring substituents is 1. The fourth-order valence-corrected chi connectivity index (χ4v) is 12.4. The topological polar surface area (TPSA) is 119 Å². The summed E-state index contributed by atoms with van der Waals surface area (Å²) in [7, 11) is 0. The lowest BCUT2D eigenvalue weighted by atomic mass is 9.33. The third-order valence-electron chi connectivity index (χ3n) is 15.0. The van der Waals surface area contributed by atoms with E-state index in [0.29, 0.717) is 24.5 Å². The highest BCUT2D eigenvalue weighted by molar-refractivity contribution is 5.76. The number of allylic oxidation sites excluding steroid dienone is 2. The average molecular weight is 622 g/mol. The molecule has 1 aliphatic heterocycles. The number of carboxylic acid groups (broad SMARTS) is 1. The summed E-state index contributed by atoms with van der Waals surface area (Å²) in [5.41, 5.74) is 0.483. The maximum Gasteiger partial charge on any atom is 0.310 e. The number of para-hydroxylation sites is 1. The summed E-state index contributed by atoms with van der Waals surface area (Å²) in [5.74, 6) is 0.0299. The van der Waals surface area contributed by atoms with E-state index in [1.807, 2.05) is 0 Å². The van der Waals surface area contributed by atoms with E-state index >= 15 is 0 Å². The monoisotopic (exact) mass is 621 g/mol. The summed E-state index contributed by atoms with van der Waals surface area (Å²) in [5, 5.41) is 34.3. The lowest BCUT2D eigenvalue weighted by molar-refractivity contribution is -0.390. The minimum absolute atomic E-state index is 0.0267. The Kier molecular flexibility index (Phi) is 6.87. The van der Waals surface area contributed by atoms with Gasteiger partial charge in [-0.25, -0.2) is 0 Å². The Morgan fingerprint density at radius 2 is 1.67 bits per heavy atom. The van der Waals surface area contributed by atoms with Crippen molar-refractivity contribution in [1.29, 1.82) is 0 Å². The van der Waals surface area contributed by atoms with Crippen molar-refractivity contribution in [3.05, 3.63) is 51.6 Å². The Balaban J connectivity index is 1.23. The van der Waals surface area contributed by atoms with E-state index in [2.05, 4.69) is 47.6 Å². The second-order valence-electron chi connectivity index (χ2n) is 17.5. The number of rotatable bonds is 3. The standard InChI is InChI=1S/C37H51NO7/c1-32(2)15-17-37(31(40)41)18-16-35(5)23(24(37)19-32)11-12-28-33(3)20-26(39)29-34(4,27(33)13-14-36(28,35)6)21-44-30(45-29)22-9-7-8-10-25(22)38(42)43/h7-11,24,26-30,39H,12-21H2,1-6H3,(H,40,41)/t24?,26-,27?,28?,29+,30?,33+,34+,35-,36-,37+/m1/s1. The van der Waals surface area contributed by atoms with Gasteiger partial charge in [-0.1, -0.05) is 65.3 Å². The number of nitrogens with zero attached hydrogens (tertiary/aromatic N) is 1. The van der Waals surface area contributed by atoms with Gasteiger partial charge in [-0.2, -0.15) is 0 Å². The van der Waals surface area contributed by atoms with Crippen molar-refractivity contribution in [3.8, 4) is 0 Å². The zero-order valence-corrected chi connectivity index (χ0v) is 27.8. The molecule has 5 aliphatic carbocycles. The SMILES string of the molecule is CC1(C)CC[C@]2(C(=O)O)CC[C@]3(C)C(=CCC4[C@@]5(C)C[C@@H](O)[C@@H]6OC(c7ccccc7[N+](=O)[O-])OC[C@@]6(C)C5CC[C@]43C)C2C1. The molecular formula is C37H51NO7. The van der Waals surface area contributed by atoms with Gasteiger partial charge in [0.25, 0.3) is 5.69 Å². The first-order valence-corrected chi connectivity index (χ1v) is 17.1. The van der Waals surface area contributed by atoms with Crippen LogP contribution in [0.3, 0.4) is 0 Å². The molecule has 5 fully saturated rings. The molecule has 0 aromatic heterocycles. The molecule has 1 saturated heterocycles. The second-order valence-corrected chi connectivity index (χ2v) is 17.5. The molecule has 4 saturated carbocycles. The number of aliphatic carboxylic acids is 1. The van der Waals surface area contributed by atoms with Crippen molar-refractivity contribution in [3.63, 3.8) is 0 Å². The highest BCUT2D eigenvalue weighted by Crippen LogP contribution is 2.76. The maximum absolute atomic E-state index is 13.0. The summed E-state index contributed by atoms with van der Waals surface area (Å²) >= 11 is 0. The molecule has 1 heterocycles. The number of benzene rings is 1. The smallest absolute Gasteiger partial charge is 0.310 e. The third kappa shape index (κ3) is 4.10. The van der Waals surface area contributed by atoms with Crippen molar-refractivity contribution < 1.29 is 29.4 Å². The second kappa shape index (κ2) is 9.86. The van der Waals surface area contributed by atoms with Gasteiger partial charge in [0.15, 0.2) is 6.29 Å². The fourth-order valence-electron chi connectivity index (χ4n) is 12.4. The first-order valence-electron chi connectivity index (χ1n) is 17.1. The van der Waals surface area contributed by atoms with Crippen LogP contribution in [-0.4, -0.2) is 39.9 Å². The molecule has 1 aromatic rings. The van der Waals surface area contributed by atoms with E-state index in [-0.39, 0.29) is 39.2 Å². The van der Waals surface area contributed by atoms with E-state index in [9.17, 15) is 25.1 Å². The van der Waals surface area contributed by atoms with Crippen molar-refractivity contribution in [2.75, 3.05) is 6.61 Å². The summed E-state index contributed by atoms with van der Waals surface area (Å²) in [4.78, 5) is 24.3. The van der Waals surface area contributed by atoms with Gasteiger partial charge in [0.05, 0.1) is 34.7 Å². The van der Waals surface area contributed by atoms with Crippen LogP contribution >= 0.6 is 0 Å². The van der Waals surface area contributed by atoms with E-state index in [0.717, 1.165) is 51.4 Å². The molecule has 8 heteroatoms. The van der Waals surface area contributed by atoms with Gasteiger partial charge in [0, 0.05) is 11.5 Å². The van der Waals surface area contributed by atoms with Crippen LogP contribution in [0.15, 0.2) is 35.9 Å². The van der Waals surface area contributed by atoms with Crippen LogP contribution in [0, 0.1) is 60.4 Å². The number of fused-ring (bicyclic) bond motifs is 9. The third-order valence-corrected chi connectivity index (χ3v) is 15.0. The highest BCUT2D eigenvalue weighted by Gasteiger charge is 2.71. The lowest BCUT2D eigenvalue weighted by Gasteiger charge is -2.72. The van der Waals surface area contributed by atoms with Gasteiger partial charge in [0.2, 0.25) is 0 Å². The summed E-state index contributed by atoms with van der Waals surface area (Å²) in [6.07, 6.45) is 8.14. The van der Waals surface area contributed by atoms with Crippen LogP contribution in [0.4, 0.5) is 5.69 Å². The summed E-state index contributed by atoms with van der Waals surface area (Å²) in [6, 6.07) is 6.55. The van der Waals surface area contributed by atoms with Crippen LogP contribution in [-0.2, 0) is 14.3 Å². The van der Waals surface area contributed by atoms with Crippen molar-refractivity contribution in [2.45, 2.75) is 118 Å². The van der Waals surface area contributed by atoms with E-state index in [1.54, 1.807) is 18.2 Å². The van der Waals surface area contributed by atoms with Crippen molar-refractivity contribution >= 4 is 11.7 Å². The molecule has 4 unspecified atom stereocenters. The Hall–Kier alpha value is -2.29. The average Bonchev–Trinajstić information content (AvgIpc) is 2.96. The van der Waals surface area contributed by atoms with Crippen LogP contribution in [0.25, 0.3) is 0 Å². The van der Waals surface area contributed by atoms with E-state index in [1.165, 1.54) is 11.6 Å². The Morgan fingerprint density at radius 3 is 2.38 bits per heavy atom. The number of aliphatic hydroxyl groups excluding tert-OH is 1. The fraction of sp³-hybridized carbons (Fsp3) is 0.757. The van der Waals surface area contributed by atoms with Gasteiger partial charge in [-0.05, 0) is 103 Å². The summed E-state index contributed by atoms with van der Waals surface area (Å²) in [6.45, 7) is 14.5. The van der Waals surface area contributed by atoms with Gasteiger partial charge in [-0.15, -0.1) is 0 Å². The molecule has 2 N–H and O–H groups in total. The number of carboxylic acids is 1. The molecule has 1 aromatic carbocycles. The van der Waals surface area contributed by atoms with Crippen LogP contribution in [0.5, 0.6) is 0 Å². The molecule has 45 heavy (non-hydrogen) atoms. The van der Waals surface area contributed by atoms with Gasteiger partial charge >= 0.3 is 5.97 Å². The number of hydrogen-bond acceptors (Lipinski definition) is 6. The predicted octanol–water partition coefficient (Wildman–Crippen LogP) is 7.85. The van der Waals surface area contributed by atoms with Gasteiger partial charge in [-0.3, -0.25) is 14.9 Å². The molecule has 8 nitrogen and oxygen atoms in total. The van der Waals surface area contributed by atoms with E-state index in [4.69, 9.17) is 9.47 Å². The molecule has 6 aliphatic rings. The number of carbonyl (C=O) groups is 1. The zero-order chi connectivity index (χ0) is 32.4. The maximum atomic E-state index is 13.0. The molecular weight excluding hydrogens is 570 g/mol. The number of ether oxygens (including phenoxy) is 2. The van der Waals surface area contributed by atoms with Crippen LogP contribution in [0.2, 0.25) is 0 Å². The Morgan fingerprint density at radius 1 is 0.956 bits per heavy atom. The highest BCUT2D eigenvalue weighted by atomic mass is 16.7. The molecule has 246 valence electrons. The van der Waals surface area contributed by atoms with Crippen molar-refractivity contribution in [2.24, 2.45) is 50.2 Å². The minimum Gasteiger partial charge on any atom is -0.481 e. The van der Waals surface area contributed by atoms with Crippen LogP contribution < -0.4 is 0 Å². The lowest BCUT2D eigenvalue weighted by Crippen LogP contribution is -2.69. The molecule has 7 rings (SSSR count). The summed E-state index contributed by atoms with van der Waals surface area (Å²) < 4.78 is 12.9. The number of aliphatic hydroxyl groups is 1. The van der Waals surface area contributed by atoms with Crippen LogP contribution in [0.1, 0.15) is 111 Å². The zero-order valence-electron chi connectivity index (χ0n) is 27.8. The molecule has 0 bridgehead atoms. The Labute approximate surface area is 267 Å². The quantitative estimate of drug-likeness (QED) is 0.200. The van der Waals surface area contributed by atoms with Gasteiger partial charge in [0.1, 0.15) is 0 Å². The first-order chi connectivity index (χ1) is 21.0. The number of nitro groups is 1. The molecule has 0 radical (unpaired) electrons. The first kappa shape index (κ1) is 31.3. The minimum atomic E-state index is -0.895. The van der Waals surface area contributed by atoms with Gasteiger partial charge < -0.3 is 19.7 Å². The number of hydrogen-bond donors (Lipinski definition) is 2. The largest absolute Gasteiger partial charge is 0.481 e. The van der Waals surface area contributed by atoms with Crippen molar-refractivity contribution in [1.82, 2.24) is 0 Å².